The lowest BCUT2D eigenvalue weighted by atomic mass is 9.79. The third kappa shape index (κ3) is 4.95. The third-order valence-corrected chi connectivity index (χ3v) is 7.06. The first-order chi connectivity index (χ1) is 12.6. The molecule has 1 saturated carbocycles. The van der Waals surface area contributed by atoms with Crippen LogP contribution in [0.4, 0.5) is 0 Å². The largest absolute Gasteiger partial charge is 0.354 e. The predicted molar refractivity (Wildman–Crippen MR) is 107 cm³/mol. The minimum absolute atomic E-state index is 0.0218. The number of likely N-dealkylation sites (tertiary alicyclic amines) is 1. The Bertz CT molecular complexity index is 613. The zero-order chi connectivity index (χ0) is 18.4. The van der Waals surface area contributed by atoms with Crippen LogP contribution in [-0.4, -0.2) is 41.8 Å². The van der Waals surface area contributed by atoms with Crippen LogP contribution < -0.4 is 5.32 Å². The molecule has 0 aromatic carbocycles. The maximum absolute atomic E-state index is 12.4. The van der Waals surface area contributed by atoms with Crippen LogP contribution in [0, 0.1) is 6.92 Å². The molecule has 1 N–H and O–H groups in total. The van der Waals surface area contributed by atoms with Gasteiger partial charge in [-0.15, -0.1) is 11.3 Å². The molecule has 1 aliphatic carbocycles. The minimum atomic E-state index is 0.0218. The average molecular weight is 377 g/mol. The Morgan fingerprint density at radius 1 is 1.04 bits per heavy atom. The number of aryl methyl sites for hydroxylation is 1. The van der Waals surface area contributed by atoms with Crippen molar-refractivity contribution in [2.45, 2.75) is 76.7 Å². The van der Waals surface area contributed by atoms with Gasteiger partial charge in [-0.2, -0.15) is 0 Å². The quantitative estimate of drug-likeness (QED) is 0.721. The van der Waals surface area contributed by atoms with Gasteiger partial charge in [0.05, 0.1) is 4.88 Å². The zero-order valence-electron chi connectivity index (χ0n) is 16.0. The highest BCUT2D eigenvalue weighted by atomic mass is 32.1. The van der Waals surface area contributed by atoms with Gasteiger partial charge in [0.15, 0.2) is 5.78 Å². The lowest BCUT2D eigenvalue weighted by Crippen LogP contribution is -2.58. The standard InChI is InChI=1S/C21H32N2O2S/c1-17-8-10-19(26-17)18(24)9-11-20(25)22-16-21(12-4-2-5-13-21)23-14-6-3-7-15-23/h8,10H,2-7,9,11-16H2,1H3,(H,22,25). The van der Waals surface area contributed by atoms with E-state index in [9.17, 15) is 9.59 Å². The molecule has 5 heteroatoms. The van der Waals surface area contributed by atoms with Crippen molar-refractivity contribution < 1.29 is 9.59 Å². The van der Waals surface area contributed by atoms with Gasteiger partial charge >= 0.3 is 0 Å². The van der Waals surface area contributed by atoms with Gasteiger partial charge in [-0.25, -0.2) is 0 Å². The lowest BCUT2D eigenvalue weighted by molar-refractivity contribution is -0.122. The second-order valence-electron chi connectivity index (χ2n) is 7.94. The van der Waals surface area contributed by atoms with Crippen LogP contribution in [0.3, 0.4) is 0 Å². The van der Waals surface area contributed by atoms with E-state index in [2.05, 4.69) is 10.2 Å². The molecule has 0 spiro atoms. The molecule has 2 heterocycles. The Labute approximate surface area is 161 Å². The molecule has 0 radical (unpaired) electrons. The number of hydrogen-bond donors (Lipinski definition) is 1. The number of amides is 1. The molecule has 1 amide bonds. The number of hydrogen-bond acceptors (Lipinski definition) is 4. The molecule has 2 aliphatic rings. The van der Waals surface area contributed by atoms with E-state index in [1.54, 1.807) is 0 Å². The van der Waals surface area contributed by atoms with Gasteiger partial charge < -0.3 is 5.32 Å². The fraction of sp³-hybridized carbons (Fsp3) is 0.714. The maximum atomic E-state index is 12.4. The molecule has 0 bridgehead atoms. The molecule has 4 nitrogen and oxygen atoms in total. The number of Topliss-reactive ketones (excluding diaryl/α,β-unsaturated/α-hetero) is 1. The van der Waals surface area contributed by atoms with E-state index in [1.165, 1.54) is 75.8 Å². The monoisotopic (exact) mass is 376 g/mol. The number of rotatable bonds is 7. The van der Waals surface area contributed by atoms with Crippen molar-refractivity contribution in [3.05, 3.63) is 21.9 Å². The fourth-order valence-electron chi connectivity index (χ4n) is 4.47. The number of nitrogens with one attached hydrogen (secondary N) is 1. The summed E-state index contributed by atoms with van der Waals surface area (Å²) < 4.78 is 0. The molecule has 1 aromatic rings. The van der Waals surface area contributed by atoms with Crippen LogP contribution in [0.5, 0.6) is 0 Å². The number of carbonyl (C=O) groups is 2. The zero-order valence-corrected chi connectivity index (χ0v) is 16.8. The summed E-state index contributed by atoms with van der Waals surface area (Å²) in [4.78, 5) is 29.1. The van der Waals surface area contributed by atoms with Gasteiger partial charge in [0.25, 0.3) is 0 Å². The molecule has 2 fully saturated rings. The van der Waals surface area contributed by atoms with Crippen molar-refractivity contribution in [3.63, 3.8) is 0 Å². The molecule has 1 saturated heterocycles. The number of nitrogens with zero attached hydrogens (tertiary/aromatic N) is 1. The second-order valence-corrected chi connectivity index (χ2v) is 9.23. The van der Waals surface area contributed by atoms with Gasteiger partial charge in [0, 0.05) is 29.8 Å². The summed E-state index contributed by atoms with van der Waals surface area (Å²) in [6, 6.07) is 3.83. The number of thiophene rings is 1. The van der Waals surface area contributed by atoms with Gasteiger partial charge in [0.2, 0.25) is 5.91 Å². The Hall–Kier alpha value is -1.20. The normalized spacial score (nSPS) is 20.7. The maximum Gasteiger partial charge on any atom is 0.220 e. The molecule has 0 atom stereocenters. The number of ketones is 1. The van der Waals surface area contributed by atoms with Crippen LogP contribution in [0.1, 0.15) is 78.8 Å². The van der Waals surface area contributed by atoms with E-state index in [0.29, 0.717) is 12.8 Å². The SMILES string of the molecule is Cc1ccc(C(=O)CCC(=O)NCC2(N3CCCCC3)CCCCC2)s1. The van der Waals surface area contributed by atoms with Crippen LogP contribution >= 0.6 is 11.3 Å². The van der Waals surface area contributed by atoms with Crippen LogP contribution in [0.25, 0.3) is 0 Å². The summed E-state index contributed by atoms with van der Waals surface area (Å²) in [5.74, 6) is 0.107. The molecule has 0 unspecified atom stereocenters. The molecule has 1 aliphatic heterocycles. The van der Waals surface area contributed by atoms with E-state index in [0.717, 1.165) is 16.3 Å². The molecular weight excluding hydrogens is 344 g/mol. The van der Waals surface area contributed by atoms with Crippen molar-refractivity contribution in [2.24, 2.45) is 0 Å². The van der Waals surface area contributed by atoms with Crippen LogP contribution in [0.2, 0.25) is 0 Å². The van der Waals surface area contributed by atoms with E-state index >= 15 is 0 Å². The summed E-state index contributed by atoms with van der Waals surface area (Å²) in [6.45, 7) is 5.09. The molecule has 144 valence electrons. The Balaban J connectivity index is 1.50. The van der Waals surface area contributed by atoms with Crippen LogP contribution in [0.15, 0.2) is 12.1 Å². The Morgan fingerprint density at radius 3 is 2.38 bits per heavy atom. The molecule has 26 heavy (non-hydrogen) atoms. The Kier molecular flexibility index (Phi) is 6.87. The summed E-state index contributed by atoms with van der Waals surface area (Å²) in [6.07, 6.45) is 10.7. The number of carbonyl (C=O) groups excluding carboxylic acids is 2. The minimum Gasteiger partial charge on any atom is -0.354 e. The van der Waals surface area contributed by atoms with Gasteiger partial charge in [-0.05, 0) is 57.8 Å². The van der Waals surface area contributed by atoms with E-state index < -0.39 is 0 Å². The molecule has 3 rings (SSSR count). The molecule has 1 aromatic heterocycles. The van der Waals surface area contributed by atoms with Crippen molar-refractivity contribution in [1.82, 2.24) is 10.2 Å². The first-order valence-electron chi connectivity index (χ1n) is 10.2. The van der Waals surface area contributed by atoms with Gasteiger partial charge in [0.1, 0.15) is 0 Å². The first kappa shape index (κ1) is 19.6. The average Bonchev–Trinajstić information content (AvgIpc) is 3.12. The van der Waals surface area contributed by atoms with Crippen molar-refractivity contribution in [1.29, 1.82) is 0 Å². The smallest absolute Gasteiger partial charge is 0.220 e. The van der Waals surface area contributed by atoms with Gasteiger partial charge in [-0.3, -0.25) is 14.5 Å². The van der Waals surface area contributed by atoms with E-state index in [4.69, 9.17) is 0 Å². The lowest BCUT2D eigenvalue weighted by Gasteiger charge is -2.48. The van der Waals surface area contributed by atoms with Crippen LogP contribution in [-0.2, 0) is 4.79 Å². The summed E-state index contributed by atoms with van der Waals surface area (Å²) in [7, 11) is 0. The third-order valence-electron chi connectivity index (χ3n) is 6.02. The van der Waals surface area contributed by atoms with Crippen molar-refractivity contribution in [2.75, 3.05) is 19.6 Å². The summed E-state index contributed by atoms with van der Waals surface area (Å²) in [5.41, 5.74) is 0.156. The van der Waals surface area contributed by atoms with E-state index in [1.807, 2.05) is 19.1 Å². The fourth-order valence-corrected chi connectivity index (χ4v) is 5.30. The Morgan fingerprint density at radius 2 is 1.73 bits per heavy atom. The van der Waals surface area contributed by atoms with Gasteiger partial charge in [-0.1, -0.05) is 25.7 Å². The topological polar surface area (TPSA) is 49.4 Å². The van der Waals surface area contributed by atoms with Crippen molar-refractivity contribution >= 4 is 23.0 Å². The second kappa shape index (κ2) is 9.14. The number of piperidine rings is 1. The highest BCUT2D eigenvalue weighted by Gasteiger charge is 2.38. The predicted octanol–water partition coefficient (Wildman–Crippen LogP) is 4.32. The highest BCUT2D eigenvalue weighted by molar-refractivity contribution is 7.14. The first-order valence-corrected chi connectivity index (χ1v) is 11.0. The summed E-state index contributed by atoms with van der Waals surface area (Å²) >= 11 is 1.51. The molecular formula is C21H32N2O2S. The van der Waals surface area contributed by atoms with Crippen molar-refractivity contribution in [3.8, 4) is 0 Å². The van der Waals surface area contributed by atoms with E-state index in [-0.39, 0.29) is 17.2 Å². The summed E-state index contributed by atoms with van der Waals surface area (Å²) in [5, 5.41) is 3.17. The highest BCUT2D eigenvalue weighted by Crippen LogP contribution is 2.35.